The van der Waals surface area contributed by atoms with Crippen molar-refractivity contribution in [2.45, 2.75) is 25.9 Å². The summed E-state index contributed by atoms with van der Waals surface area (Å²) in [6.07, 6.45) is 0.925. The Kier molecular flexibility index (Phi) is 5.72. The minimum Gasteiger partial charge on any atom is -0.386 e. The summed E-state index contributed by atoms with van der Waals surface area (Å²) in [6.45, 7) is 2.21. The van der Waals surface area contributed by atoms with Crippen LogP contribution in [0.4, 0.5) is 0 Å². The van der Waals surface area contributed by atoms with E-state index < -0.39 is 6.10 Å². The monoisotopic (exact) mass is 379 g/mol. The van der Waals surface area contributed by atoms with Crippen molar-refractivity contribution >= 4 is 40.1 Å². The zero-order valence-electron chi connectivity index (χ0n) is 13.1. The molecule has 8 heteroatoms. The van der Waals surface area contributed by atoms with Gasteiger partial charge in [0.1, 0.15) is 11.0 Å². The lowest BCUT2D eigenvalue weighted by atomic mass is 10.2. The van der Waals surface area contributed by atoms with E-state index in [0.29, 0.717) is 4.88 Å². The molecule has 0 saturated carbocycles. The normalized spacial score (nSPS) is 12.2. The molecule has 3 aromatic heterocycles. The topological polar surface area (TPSA) is 75.1 Å². The van der Waals surface area contributed by atoms with Gasteiger partial charge in [0.15, 0.2) is 0 Å². The predicted molar refractivity (Wildman–Crippen MR) is 98.8 cm³/mol. The molecule has 3 heterocycles. The number of amides is 1. The van der Waals surface area contributed by atoms with Gasteiger partial charge in [0.2, 0.25) is 0 Å². The van der Waals surface area contributed by atoms with Gasteiger partial charge in [0.05, 0.1) is 5.69 Å². The number of nitrogens with zero attached hydrogens (tertiary/aromatic N) is 2. The zero-order chi connectivity index (χ0) is 16.9. The Labute approximate surface area is 152 Å². The summed E-state index contributed by atoms with van der Waals surface area (Å²) in [4.78, 5) is 15.9. The molecule has 0 spiro atoms. The summed E-state index contributed by atoms with van der Waals surface area (Å²) in [5, 5.41) is 19.1. The lowest BCUT2D eigenvalue weighted by Gasteiger charge is -2.09. The molecule has 0 unspecified atom stereocenters. The molecule has 0 aliphatic heterocycles. The fourth-order valence-electron chi connectivity index (χ4n) is 2.23. The van der Waals surface area contributed by atoms with Crippen molar-refractivity contribution in [3.63, 3.8) is 0 Å². The van der Waals surface area contributed by atoms with Gasteiger partial charge < -0.3 is 10.4 Å². The first kappa shape index (κ1) is 17.2. The lowest BCUT2D eigenvalue weighted by Crippen LogP contribution is -2.28. The third-order valence-electron chi connectivity index (χ3n) is 3.42. The molecule has 0 aliphatic carbocycles. The van der Waals surface area contributed by atoms with Crippen LogP contribution >= 0.6 is 34.2 Å². The molecule has 0 fully saturated rings. The first-order chi connectivity index (χ1) is 11.7. The molecule has 2 N–H and O–H groups in total. The Hall–Kier alpha value is -1.61. The van der Waals surface area contributed by atoms with Gasteiger partial charge >= 0.3 is 0 Å². The molecule has 3 aromatic rings. The van der Waals surface area contributed by atoms with Crippen molar-refractivity contribution in [3.8, 4) is 9.75 Å². The molecule has 0 radical (unpaired) electrons. The number of nitrogens with one attached hydrogen (secondary N) is 1. The Morgan fingerprint density at radius 1 is 1.33 bits per heavy atom. The van der Waals surface area contributed by atoms with Crippen molar-refractivity contribution < 1.29 is 9.90 Å². The van der Waals surface area contributed by atoms with Crippen LogP contribution in [-0.4, -0.2) is 27.1 Å². The minimum absolute atomic E-state index is 0.173. The molecule has 1 atom stereocenters. The number of aryl methyl sites for hydroxylation is 1. The molecule has 24 heavy (non-hydrogen) atoms. The van der Waals surface area contributed by atoms with Crippen LogP contribution in [0.3, 0.4) is 0 Å². The van der Waals surface area contributed by atoms with Crippen molar-refractivity contribution in [1.29, 1.82) is 0 Å². The highest BCUT2D eigenvalue weighted by atomic mass is 32.1. The smallest absolute Gasteiger partial charge is 0.265 e. The first-order valence-corrected chi connectivity index (χ1v) is 10.1. The third-order valence-corrected chi connectivity index (χ3v) is 6.44. The molecule has 0 bridgehead atoms. The second-order valence-corrected chi connectivity index (χ2v) is 8.02. The van der Waals surface area contributed by atoms with Crippen LogP contribution in [0.15, 0.2) is 29.6 Å². The van der Waals surface area contributed by atoms with E-state index in [0.717, 1.165) is 39.8 Å². The molecule has 126 valence electrons. The molecule has 0 aromatic carbocycles. The summed E-state index contributed by atoms with van der Waals surface area (Å²) >= 11 is 4.31. The number of aliphatic hydroxyl groups excluding tert-OH is 1. The average Bonchev–Trinajstić information content (AvgIpc) is 3.31. The Balaban J connectivity index is 1.60. The van der Waals surface area contributed by atoms with Crippen molar-refractivity contribution in [2.24, 2.45) is 0 Å². The number of carbonyl (C=O) groups is 1. The highest BCUT2D eigenvalue weighted by Crippen LogP contribution is 2.33. The van der Waals surface area contributed by atoms with Gasteiger partial charge in [-0.05, 0) is 41.5 Å². The highest BCUT2D eigenvalue weighted by molar-refractivity contribution is 7.21. The van der Waals surface area contributed by atoms with E-state index in [1.807, 2.05) is 30.5 Å². The van der Waals surface area contributed by atoms with Gasteiger partial charge in [-0.25, -0.2) is 0 Å². The van der Waals surface area contributed by atoms with Crippen LogP contribution in [-0.2, 0) is 6.42 Å². The van der Waals surface area contributed by atoms with Crippen molar-refractivity contribution in [2.75, 3.05) is 6.54 Å². The van der Waals surface area contributed by atoms with E-state index in [1.54, 1.807) is 22.7 Å². The zero-order valence-corrected chi connectivity index (χ0v) is 15.5. The minimum atomic E-state index is -0.719. The number of aromatic nitrogens is 2. The fourth-order valence-corrected chi connectivity index (χ4v) is 4.69. The van der Waals surface area contributed by atoms with Crippen LogP contribution in [0.1, 0.15) is 39.7 Å². The van der Waals surface area contributed by atoms with Crippen molar-refractivity contribution in [1.82, 2.24) is 14.9 Å². The third kappa shape index (κ3) is 3.89. The van der Waals surface area contributed by atoms with E-state index in [4.69, 9.17) is 0 Å². The summed E-state index contributed by atoms with van der Waals surface area (Å²) in [7, 11) is 0. The van der Waals surface area contributed by atoms with Crippen LogP contribution < -0.4 is 5.32 Å². The average molecular weight is 380 g/mol. The van der Waals surface area contributed by atoms with Crippen LogP contribution in [0, 0.1) is 0 Å². The van der Waals surface area contributed by atoms with Gasteiger partial charge in [-0.3, -0.25) is 4.79 Å². The maximum absolute atomic E-state index is 12.2. The Morgan fingerprint density at radius 2 is 2.21 bits per heavy atom. The van der Waals surface area contributed by atoms with Crippen molar-refractivity contribution in [3.05, 3.63) is 45.1 Å². The SMILES string of the molecule is CCCc1nnsc1C(=O)NC[C@@H](O)c1ccc(-c2cccs2)s1. The molecular formula is C16H17N3O2S3. The fraction of sp³-hybridized carbons (Fsp3) is 0.312. The van der Waals surface area contributed by atoms with E-state index in [2.05, 4.69) is 21.0 Å². The maximum atomic E-state index is 12.2. The lowest BCUT2D eigenvalue weighted by molar-refractivity contribution is 0.0921. The number of thiophene rings is 2. The molecule has 3 rings (SSSR count). The van der Waals surface area contributed by atoms with Crippen LogP contribution in [0.5, 0.6) is 0 Å². The van der Waals surface area contributed by atoms with Crippen LogP contribution in [0.2, 0.25) is 0 Å². The van der Waals surface area contributed by atoms with E-state index in [9.17, 15) is 9.90 Å². The predicted octanol–water partition coefficient (Wildman–Crippen LogP) is 3.74. The van der Waals surface area contributed by atoms with Gasteiger partial charge in [-0.2, -0.15) is 0 Å². The summed E-state index contributed by atoms with van der Waals surface area (Å²) < 4.78 is 3.85. The quantitative estimate of drug-likeness (QED) is 0.656. The van der Waals surface area contributed by atoms with Crippen LogP contribution in [0.25, 0.3) is 9.75 Å². The van der Waals surface area contributed by atoms with Gasteiger partial charge in [-0.1, -0.05) is 23.9 Å². The standard InChI is InChI=1S/C16H17N3O2S3/c1-2-4-10-15(24-19-18-10)16(21)17-9-11(20)12-6-7-14(23-12)13-5-3-8-22-13/h3,5-8,11,20H,2,4,9H2,1H3,(H,17,21)/t11-/m1/s1. The van der Waals surface area contributed by atoms with E-state index >= 15 is 0 Å². The highest BCUT2D eigenvalue weighted by Gasteiger charge is 2.18. The Morgan fingerprint density at radius 3 is 2.96 bits per heavy atom. The molecule has 5 nitrogen and oxygen atoms in total. The number of hydrogen-bond donors (Lipinski definition) is 2. The molecule has 1 amide bonds. The van der Waals surface area contributed by atoms with Gasteiger partial charge in [-0.15, -0.1) is 27.8 Å². The second-order valence-electron chi connectivity index (χ2n) is 5.20. The first-order valence-electron chi connectivity index (χ1n) is 7.60. The number of hydrogen-bond acceptors (Lipinski definition) is 7. The number of aliphatic hydroxyl groups is 1. The number of carbonyl (C=O) groups excluding carboxylic acids is 1. The van der Waals surface area contributed by atoms with Gasteiger partial charge in [0, 0.05) is 21.2 Å². The molecule has 0 saturated heterocycles. The number of rotatable bonds is 7. The summed E-state index contributed by atoms with van der Waals surface area (Å²) in [5.41, 5.74) is 0.727. The summed E-state index contributed by atoms with van der Waals surface area (Å²) in [5.74, 6) is -0.220. The second kappa shape index (κ2) is 7.98. The Bertz CT molecular complexity index is 795. The van der Waals surface area contributed by atoms with Gasteiger partial charge in [0.25, 0.3) is 5.91 Å². The molecule has 0 aliphatic rings. The summed E-state index contributed by atoms with van der Waals surface area (Å²) in [6, 6.07) is 7.98. The largest absolute Gasteiger partial charge is 0.386 e. The van der Waals surface area contributed by atoms with E-state index in [1.165, 1.54) is 4.88 Å². The maximum Gasteiger partial charge on any atom is 0.265 e. The molecular weight excluding hydrogens is 362 g/mol. The van der Waals surface area contributed by atoms with E-state index in [-0.39, 0.29) is 12.5 Å².